The van der Waals surface area contributed by atoms with Crippen LogP contribution in [0.4, 0.5) is 22.0 Å². The number of carbonyl (C=O) groups is 1. The van der Waals surface area contributed by atoms with Crippen LogP contribution < -0.4 is 4.74 Å². The van der Waals surface area contributed by atoms with E-state index in [1.807, 2.05) is 0 Å². The Kier molecular flexibility index (Phi) is 4.67. The minimum atomic E-state index is -5.04. The zero-order valence-electron chi connectivity index (χ0n) is 11.8. The summed E-state index contributed by atoms with van der Waals surface area (Å²) in [5.41, 5.74) is -2.87. The fourth-order valence-electron chi connectivity index (χ4n) is 1.85. The number of ether oxygens (including phenoxy) is 1. The third kappa shape index (κ3) is 3.49. The maximum atomic E-state index is 13.3. The van der Waals surface area contributed by atoms with E-state index in [0.29, 0.717) is 4.68 Å². The molecule has 0 spiro atoms. The molecule has 0 aliphatic carbocycles. The second kappa shape index (κ2) is 6.35. The lowest BCUT2D eigenvalue weighted by Gasteiger charge is -2.12. The molecule has 0 aliphatic rings. The van der Waals surface area contributed by atoms with Crippen LogP contribution >= 0.6 is 0 Å². The molecule has 2 aromatic rings. The van der Waals surface area contributed by atoms with Gasteiger partial charge in [0.15, 0.2) is 17.1 Å². The van der Waals surface area contributed by atoms with E-state index in [1.54, 1.807) is 6.07 Å². The van der Waals surface area contributed by atoms with Crippen molar-refractivity contribution in [3.8, 4) is 11.4 Å². The summed E-state index contributed by atoms with van der Waals surface area (Å²) < 4.78 is 70.9. The molecule has 0 saturated heterocycles. The molecular weight excluding hydrogens is 323 g/mol. The molecule has 0 fully saturated rings. The maximum absolute atomic E-state index is 13.3. The molecule has 0 amide bonds. The number of carbonyl (C=O) groups excluding carboxylic acids is 1. The molecule has 0 unspecified atom stereocenters. The van der Waals surface area contributed by atoms with E-state index in [9.17, 15) is 26.7 Å². The molecule has 4 nitrogen and oxygen atoms in total. The number of alkyl halides is 5. The van der Waals surface area contributed by atoms with Crippen LogP contribution in [0.5, 0.6) is 5.75 Å². The molecule has 9 heteroatoms. The first-order valence-electron chi connectivity index (χ1n) is 6.50. The number of para-hydroxylation sites is 1. The first kappa shape index (κ1) is 16.9. The van der Waals surface area contributed by atoms with E-state index in [0.717, 1.165) is 0 Å². The second-order valence-electron chi connectivity index (χ2n) is 4.44. The highest BCUT2D eigenvalue weighted by atomic mass is 19.4. The van der Waals surface area contributed by atoms with Gasteiger partial charge in [-0.3, -0.25) is 4.79 Å². The van der Waals surface area contributed by atoms with Crippen LogP contribution in [0.3, 0.4) is 0 Å². The Bertz CT molecular complexity index is 695. The highest BCUT2D eigenvalue weighted by Crippen LogP contribution is 2.42. The van der Waals surface area contributed by atoms with E-state index in [1.165, 1.54) is 31.2 Å². The van der Waals surface area contributed by atoms with E-state index in [-0.39, 0.29) is 12.1 Å². The number of halogens is 5. The number of benzene rings is 1. The van der Waals surface area contributed by atoms with Gasteiger partial charge in [0, 0.05) is 6.42 Å². The summed E-state index contributed by atoms with van der Waals surface area (Å²) in [5.74, 6) is -2.33. The van der Waals surface area contributed by atoms with Gasteiger partial charge >= 0.3 is 12.1 Å². The minimum Gasteiger partial charge on any atom is -0.422 e. The van der Waals surface area contributed by atoms with E-state index in [4.69, 9.17) is 0 Å². The zero-order chi connectivity index (χ0) is 17.2. The Morgan fingerprint density at radius 3 is 2.35 bits per heavy atom. The SMILES string of the molecule is CCC(=O)Oc1c(C(F)F)nn(-c2ccccc2)c1C(F)(F)F. The maximum Gasteiger partial charge on any atom is 0.437 e. The molecule has 0 bridgehead atoms. The smallest absolute Gasteiger partial charge is 0.422 e. The zero-order valence-corrected chi connectivity index (χ0v) is 11.8. The fraction of sp³-hybridized carbons (Fsp3) is 0.286. The van der Waals surface area contributed by atoms with Gasteiger partial charge in [-0.05, 0) is 12.1 Å². The van der Waals surface area contributed by atoms with Gasteiger partial charge in [-0.1, -0.05) is 25.1 Å². The van der Waals surface area contributed by atoms with E-state index >= 15 is 0 Å². The third-order valence-corrected chi connectivity index (χ3v) is 2.85. The predicted molar refractivity (Wildman–Crippen MR) is 69.4 cm³/mol. The first-order chi connectivity index (χ1) is 10.8. The number of hydrogen-bond acceptors (Lipinski definition) is 3. The summed E-state index contributed by atoms with van der Waals surface area (Å²) in [4.78, 5) is 11.3. The Morgan fingerprint density at radius 1 is 1.26 bits per heavy atom. The van der Waals surface area contributed by atoms with Crippen molar-refractivity contribution in [2.45, 2.75) is 25.9 Å². The highest BCUT2D eigenvalue weighted by molar-refractivity contribution is 5.73. The summed E-state index contributed by atoms with van der Waals surface area (Å²) in [7, 11) is 0. The predicted octanol–water partition coefficient (Wildman–Crippen LogP) is 4.14. The van der Waals surface area contributed by atoms with E-state index in [2.05, 4.69) is 9.84 Å². The van der Waals surface area contributed by atoms with Crippen molar-refractivity contribution >= 4 is 5.97 Å². The Balaban J connectivity index is 2.72. The number of esters is 1. The number of hydrogen-bond donors (Lipinski definition) is 0. The Labute approximate surface area is 127 Å². The van der Waals surface area contributed by atoms with Crippen LogP contribution in [0, 0.1) is 0 Å². The largest absolute Gasteiger partial charge is 0.437 e. The van der Waals surface area contributed by atoms with Gasteiger partial charge in [0.2, 0.25) is 0 Å². The van der Waals surface area contributed by atoms with E-state index < -0.39 is 35.7 Å². The molecule has 0 aliphatic heterocycles. The summed E-state index contributed by atoms with van der Waals surface area (Å²) in [6, 6.07) is 6.94. The summed E-state index contributed by atoms with van der Waals surface area (Å²) in [5, 5.41) is 3.30. The molecule has 2 rings (SSSR count). The molecule has 23 heavy (non-hydrogen) atoms. The summed E-state index contributed by atoms with van der Waals surface area (Å²) in [6.07, 6.45) is -8.64. The topological polar surface area (TPSA) is 44.1 Å². The average Bonchev–Trinajstić information content (AvgIpc) is 2.87. The quantitative estimate of drug-likeness (QED) is 0.623. The lowest BCUT2D eigenvalue weighted by atomic mass is 10.2. The lowest BCUT2D eigenvalue weighted by Crippen LogP contribution is -2.16. The Hall–Kier alpha value is -2.45. The number of rotatable bonds is 4. The molecule has 0 saturated carbocycles. The van der Waals surface area contributed by atoms with Crippen LogP contribution in [-0.2, 0) is 11.0 Å². The van der Waals surface area contributed by atoms with Crippen molar-refractivity contribution in [1.29, 1.82) is 0 Å². The van der Waals surface area contributed by atoms with Gasteiger partial charge in [0.1, 0.15) is 0 Å². The normalized spacial score (nSPS) is 11.8. The van der Waals surface area contributed by atoms with Gasteiger partial charge in [0.05, 0.1) is 5.69 Å². The van der Waals surface area contributed by atoms with Crippen LogP contribution in [0.2, 0.25) is 0 Å². The van der Waals surface area contributed by atoms with Crippen molar-refractivity contribution in [1.82, 2.24) is 9.78 Å². The van der Waals surface area contributed by atoms with Gasteiger partial charge in [-0.15, -0.1) is 0 Å². The third-order valence-electron chi connectivity index (χ3n) is 2.85. The van der Waals surface area contributed by atoms with Crippen LogP contribution in [0.1, 0.15) is 31.2 Å². The van der Waals surface area contributed by atoms with Gasteiger partial charge < -0.3 is 4.74 Å². The van der Waals surface area contributed by atoms with Crippen LogP contribution in [-0.4, -0.2) is 15.7 Å². The molecule has 1 aromatic carbocycles. The Morgan fingerprint density at radius 2 is 1.87 bits per heavy atom. The second-order valence-corrected chi connectivity index (χ2v) is 4.44. The molecule has 0 radical (unpaired) electrons. The highest BCUT2D eigenvalue weighted by Gasteiger charge is 2.43. The molecule has 0 atom stereocenters. The van der Waals surface area contributed by atoms with Gasteiger partial charge in [-0.2, -0.15) is 18.3 Å². The summed E-state index contributed by atoms with van der Waals surface area (Å²) >= 11 is 0. The standard InChI is InChI=1S/C14H11F5N2O2/c1-2-9(22)23-11-10(13(15)16)20-21(12(11)14(17,18)19)8-6-4-3-5-7-8/h3-7,13H,2H2,1H3. The van der Waals surface area contributed by atoms with Crippen molar-refractivity contribution in [2.75, 3.05) is 0 Å². The molecule has 0 N–H and O–H groups in total. The molecule has 124 valence electrons. The molecular formula is C14H11F5N2O2. The molecule has 1 heterocycles. The van der Waals surface area contributed by atoms with Crippen molar-refractivity contribution in [2.24, 2.45) is 0 Å². The van der Waals surface area contributed by atoms with Crippen molar-refractivity contribution < 1.29 is 31.5 Å². The average molecular weight is 334 g/mol. The minimum absolute atomic E-state index is 0.0828. The van der Waals surface area contributed by atoms with Crippen LogP contribution in [0.15, 0.2) is 30.3 Å². The van der Waals surface area contributed by atoms with Crippen LogP contribution in [0.25, 0.3) is 5.69 Å². The monoisotopic (exact) mass is 334 g/mol. The summed E-state index contributed by atoms with van der Waals surface area (Å²) in [6.45, 7) is 1.33. The fourth-order valence-corrected chi connectivity index (χ4v) is 1.85. The van der Waals surface area contributed by atoms with Crippen molar-refractivity contribution in [3.63, 3.8) is 0 Å². The number of nitrogens with zero attached hydrogens (tertiary/aromatic N) is 2. The van der Waals surface area contributed by atoms with Gasteiger partial charge in [0.25, 0.3) is 6.43 Å². The first-order valence-corrected chi connectivity index (χ1v) is 6.50. The van der Waals surface area contributed by atoms with Crippen molar-refractivity contribution in [3.05, 3.63) is 41.7 Å². The van der Waals surface area contributed by atoms with Gasteiger partial charge in [-0.25, -0.2) is 13.5 Å². The number of aromatic nitrogens is 2. The molecule has 1 aromatic heterocycles. The lowest BCUT2D eigenvalue weighted by molar-refractivity contribution is -0.146.